The summed E-state index contributed by atoms with van der Waals surface area (Å²) in [4.78, 5) is 17.2. The fourth-order valence-corrected chi connectivity index (χ4v) is 4.30. The van der Waals surface area contributed by atoms with E-state index in [-0.39, 0.29) is 5.91 Å². The third kappa shape index (κ3) is 7.51. The normalized spacial score (nSPS) is 11.2. The summed E-state index contributed by atoms with van der Waals surface area (Å²) in [5.74, 6) is 1.04. The third-order valence-corrected chi connectivity index (χ3v) is 6.14. The second kappa shape index (κ2) is 13.7. The summed E-state index contributed by atoms with van der Waals surface area (Å²) in [5, 5.41) is 3.04. The number of rotatable bonds is 15. The average molecular weight is 434 g/mol. The van der Waals surface area contributed by atoms with Crippen LogP contribution in [0.2, 0.25) is 0 Å². The van der Waals surface area contributed by atoms with Crippen LogP contribution in [0.4, 0.5) is 0 Å². The number of carbonyl (C=O) groups excluding carboxylic acids is 1. The Kier molecular flexibility index (Phi) is 10.3. The zero-order chi connectivity index (χ0) is 22.4. The predicted molar refractivity (Wildman–Crippen MR) is 134 cm³/mol. The lowest BCUT2D eigenvalue weighted by atomic mass is 10.1. The molecule has 4 nitrogen and oxygen atoms in total. The summed E-state index contributed by atoms with van der Waals surface area (Å²) >= 11 is 0. The topological polar surface area (TPSA) is 46.9 Å². The number of aromatic nitrogens is 2. The molecule has 32 heavy (non-hydrogen) atoms. The number of aryl methyl sites for hydroxylation is 1. The van der Waals surface area contributed by atoms with Gasteiger partial charge in [0.25, 0.3) is 5.91 Å². The van der Waals surface area contributed by atoms with Crippen LogP contribution in [0.5, 0.6) is 0 Å². The Labute approximate surface area is 193 Å². The van der Waals surface area contributed by atoms with Crippen molar-refractivity contribution in [3.05, 3.63) is 66.0 Å². The molecule has 0 saturated carbocycles. The molecule has 0 atom stereocenters. The van der Waals surface area contributed by atoms with Gasteiger partial charge in [0, 0.05) is 25.1 Å². The molecule has 4 heteroatoms. The van der Waals surface area contributed by atoms with Crippen LogP contribution in [-0.4, -0.2) is 22.0 Å². The van der Waals surface area contributed by atoms with Gasteiger partial charge in [-0.15, -0.1) is 0 Å². The molecule has 1 aromatic heterocycles. The van der Waals surface area contributed by atoms with Crippen LogP contribution in [0, 0.1) is 0 Å². The Morgan fingerprint density at radius 1 is 0.812 bits per heavy atom. The molecule has 0 radical (unpaired) electrons. The number of carbonyl (C=O) groups is 1. The van der Waals surface area contributed by atoms with E-state index in [0.29, 0.717) is 12.1 Å². The van der Waals surface area contributed by atoms with Crippen molar-refractivity contribution in [2.45, 2.75) is 84.1 Å². The average Bonchev–Trinajstić information content (AvgIpc) is 3.18. The number of fused-ring (bicyclic) bond motifs is 1. The summed E-state index contributed by atoms with van der Waals surface area (Å²) in [7, 11) is 0. The molecule has 172 valence electrons. The van der Waals surface area contributed by atoms with Crippen molar-refractivity contribution >= 4 is 16.9 Å². The van der Waals surface area contributed by atoms with Gasteiger partial charge >= 0.3 is 0 Å². The van der Waals surface area contributed by atoms with Crippen molar-refractivity contribution in [1.29, 1.82) is 0 Å². The minimum absolute atomic E-state index is 0.0250. The third-order valence-electron chi connectivity index (χ3n) is 6.14. The number of imidazole rings is 1. The maximum atomic E-state index is 12.3. The highest BCUT2D eigenvalue weighted by atomic mass is 16.1. The fourth-order valence-electron chi connectivity index (χ4n) is 4.30. The van der Waals surface area contributed by atoms with Gasteiger partial charge in [0.2, 0.25) is 0 Å². The van der Waals surface area contributed by atoms with Gasteiger partial charge in [-0.25, -0.2) is 4.98 Å². The first-order valence-corrected chi connectivity index (χ1v) is 12.6. The quantitative estimate of drug-likeness (QED) is 0.264. The molecule has 0 unspecified atom stereocenters. The molecule has 0 saturated heterocycles. The highest BCUT2D eigenvalue weighted by molar-refractivity contribution is 5.94. The Balaban J connectivity index is 1.45. The maximum Gasteiger partial charge on any atom is 0.251 e. The first-order valence-electron chi connectivity index (χ1n) is 12.6. The number of unbranched alkanes of at least 4 members (excludes halogenated alkanes) is 9. The molecule has 0 spiro atoms. The zero-order valence-corrected chi connectivity index (χ0v) is 19.7. The van der Waals surface area contributed by atoms with E-state index in [0.717, 1.165) is 24.3 Å². The smallest absolute Gasteiger partial charge is 0.251 e. The summed E-state index contributed by atoms with van der Waals surface area (Å²) in [6.07, 6.45) is 14.2. The molecular weight excluding hydrogens is 394 g/mol. The van der Waals surface area contributed by atoms with Gasteiger partial charge in [0.15, 0.2) is 0 Å². The van der Waals surface area contributed by atoms with Gasteiger partial charge in [-0.05, 0) is 30.7 Å². The van der Waals surface area contributed by atoms with Gasteiger partial charge in [-0.1, -0.05) is 95.0 Å². The van der Waals surface area contributed by atoms with E-state index >= 15 is 0 Å². The molecule has 0 fully saturated rings. The van der Waals surface area contributed by atoms with Crippen molar-refractivity contribution in [2.24, 2.45) is 0 Å². The monoisotopic (exact) mass is 433 g/mol. The molecule has 1 N–H and O–H groups in total. The molecular formula is C28H39N3O. The molecule has 0 aliphatic heterocycles. The second-order valence-electron chi connectivity index (χ2n) is 8.72. The Hall–Kier alpha value is -2.62. The summed E-state index contributed by atoms with van der Waals surface area (Å²) in [6, 6.07) is 17.8. The van der Waals surface area contributed by atoms with Crippen molar-refractivity contribution in [3.63, 3.8) is 0 Å². The van der Waals surface area contributed by atoms with Crippen molar-refractivity contribution in [1.82, 2.24) is 14.9 Å². The van der Waals surface area contributed by atoms with Crippen molar-refractivity contribution < 1.29 is 4.79 Å². The van der Waals surface area contributed by atoms with E-state index in [1.165, 1.54) is 69.7 Å². The Morgan fingerprint density at radius 2 is 1.44 bits per heavy atom. The number of benzene rings is 2. The zero-order valence-electron chi connectivity index (χ0n) is 19.7. The first kappa shape index (κ1) is 24.0. The molecule has 2 aromatic carbocycles. The lowest BCUT2D eigenvalue weighted by molar-refractivity contribution is 0.0954. The summed E-state index contributed by atoms with van der Waals surface area (Å²) in [6.45, 7) is 3.86. The van der Waals surface area contributed by atoms with Crippen LogP contribution in [0.15, 0.2) is 54.6 Å². The SMILES string of the molecule is CCCCCCCCCCCCn1c(CCNC(=O)c2ccccc2)nc2ccccc21. The second-order valence-corrected chi connectivity index (χ2v) is 8.72. The van der Waals surface area contributed by atoms with Crippen LogP contribution in [0.1, 0.15) is 87.3 Å². The molecule has 0 bridgehead atoms. The van der Waals surface area contributed by atoms with Crippen molar-refractivity contribution in [3.8, 4) is 0 Å². The lowest BCUT2D eigenvalue weighted by Crippen LogP contribution is -2.26. The lowest BCUT2D eigenvalue weighted by Gasteiger charge is -2.10. The summed E-state index contributed by atoms with van der Waals surface area (Å²) < 4.78 is 2.36. The number of nitrogens with zero attached hydrogens (tertiary/aromatic N) is 2. The van der Waals surface area contributed by atoms with E-state index in [1.807, 2.05) is 36.4 Å². The predicted octanol–water partition coefficient (Wildman–Crippen LogP) is 6.93. The minimum Gasteiger partial charge on any atom is -0.352 e. The number of hydrogen-bond donors (Lipinski definition) is 1. The van der Waals surface area contributed by atoms with Crippen LogP contribution < -0.4 is 5.32 Å². The molecule has 0 aliphatic carbocycles. The van der Waals surface area contributed by atoms with E-state index < -0.39 is 0 Å². The minimum atomic E-state index is -0.0250. The van der Waals surface area contributed by atoms with E-state index in [1.54, 1.807) is 0 Å². The number of nitrogens with one attached hydrogen (secondary N) is 1. The van der Waals surface area contributed by atoms with Crippen LogP contribution in [0.25, 0.3) is 11.0 Å². The highest BCUT2D eigenvalue weighted by Crippen LogP contribution is 2.18. The van der Waals surface area contributed by atoms with Crippen LogP contribution in [-0.2, 0) is 13.0 Å². The Morgan fingerprint density at radius 3 is 2.16 bits per heavy atom. The van der Waals surface area contributed by atoms with E-state index in [9.17, 15) is 4.79 Å². The molecule has 3 rings (SSSR count). The van der Waals surface area contributed by atoms with E-state index in [2.05, 4.69) is 35.0 Å². The largest absolute Gasteiger partial charge is 0.352 e. The first-order chi connectivity index (χ1) is 15.8. The van der Waals surface area contributed by atoms with Crippen molar-refractivity contribution in [2.75, 3.05) is 6.54 Å². The number of amides is 1. The van der Waals surface area contributed by atoms with Gasteiger partial charge < -0.3 is 9.88 Å². The number of hydrogen-bond acceptors (Lipinski definition) is 2. The standard InChI is InChI=1S/C28H39N3O/c1-2-3-4-5-6-7-8-9-10-16-23-31-26-20-15-14-19-25(26)30-27(31)21-22-29-28(32)24-17-12-11-13-18-24/h11-15,17-20H,2-10,16,21-23H2,1H3,(H,29,32). The molecule has 1 amide bonds. The van der Waals surface area contributed by atoms with Gasteiger partial charge in [-0.3, -0.25) is 4.79 Å². The maximum absolute atomic E-state index is 12.3. The van der Waals surface area contributed by atoms with Gasteiger partial charge in [0.05, 0.1) is 11.0 Å². The van der Waals surface area contributed by atoms with Crippen LogP contribution in [0.3, 0.4) is 0 Å². The Bertz CT molecular complexity index is 932. The molecule has 0 aliphatic rings. The van der Waals surface area contributed by atoms with Crippen LogP contribution >= 0.6 is 0 Å². The molecule has 1 heterocycles. The van der Waals surface area contributed by atoms with Gasteiger partial charge in [0.1, 0.15) is 5.82 Å². The number of para-hydroxylation sites is 2. The van der Waals surface area contributed by atoms with E-state index in [4.69, 9.17) is 4.98 Å². The highest BCUT2D eigenvalue weighted by Gasteiger charge is 2.11. The molecule has 3 aromatic rings. The fraction of sp³-hybridized carbons (Fsp3) is 0.500. The summed E-state index contributed by atoms with van der Waals surface area (Å²) in [5.41, 5.74) is 2.95. The van der Waals surface area contributed by atoms with Gasteiger partial charge in [-0.2, -0.15) is 0 Å².